The molecule has 2 amide bonds. The van der Waals surface area contributed by atoms with Gasteiger partial charge in [-0.25, -0.2) is 9.59 Å². The number of Topliss-reactive ketones (excluding diaryl/α,β-unsaturated/α-hetero) is 1. The Morgan fingerprint density at radius 2 is 1.72 bits per heavy atom. The van der Waals surface area contributed by atoms with E-state index in [-0.39, 0.29) is 31.2 Å². The zero-order valence-corrected chi connectivity index (χ0v) is 20.4. The Bertz CT molecular complexity index is 1010. The fraction of sp³-hybridized carbons (Fsp3) is 0.407. The third-order valence-corrected chi connectivity index (χ3v) is 6.03. The van der Waals surface area contributed by atoms with Crippen LogP contribution in [0.25, 0.3) is 0 Å². The summed E-state index contributed by atoms with van der Waals surface area (Å²) in [5, 5.41) is 5.81. The zero-order valence-electron chi connectivity index (χ0n) is 20.4. The third kappa shape index (κ3) is 8.28. The van der Waals surface area contributed by atoms with Crippen LogP contribution in [0.5, 0.6) is 0 Å². The summed E-state index contributed by atoms with van der Waals surface area (Å²) in [7, 11) is 0. The molecule has 36 heavy (non-hydrogen) atoms. The summed E-state index contributed by atoms with van der Waals surface area (Å²) in [5.74, 6) is -1.39. The van der Waals surface area contributed by atoms with Gasteiger partial charge in [0.2, 0.25) is 0 Å². The Labute approximate surface area is 211 Å². The molecule has 1 fully saturated rings. The minimum absolute atomic E-state index is 0.206. The first-order valence-electron chi connectivity index (χ1n) is 12.3. The van der Waals surface area contributed by atoms with Gasteiger partial charge in [0.15, 0.2) is 5.78 Å². The molecule has 0 aliphatic carbocycles. The average molecular weight is 495 g/mol. The van der Waals surface area contributed by atoms with Crippen LogP contribution in [0.2, 0.25) is 0 Å². The van der Waals surface area contributed by atoms with Crippen LogP contribution in [0.4, 0.5) is 4.79 Å². The predicted molar refractivity (Wildman–Crippen MR) is 135 cm³/mol. The molecule has 4 N–H and O–H groups in total. The Morgan fingerprint density at radius 1 is 1.03 bits per heavy atom. The number of nitrogens with zero attached hydrogens (tertiary/aromatic N) is 1. The Hall–Kier alpha value is -3.56. The lowest BCUT2D eigenvalue weighted by Crippen LogP contribution is -2.49. The van der Waals surface area contributed by atoms with Crippen LogP contribution in [0.15, 0.2) is 60.7 Å². The summed E-state index contributed by atoms with van der Waals surface area (Å²) >= 11 is 0. The summed E-state index contributed by atoms with van der Waals surface area (Å²) in [6, 6.07) is 16.5. The van der Waals surface area contributed by atoms with E-state index in [1.54, 1.807) is 30.3 Å². The number of esters is 1. The third-order valence-electron chi connectivity index (χ3n) is 6.03. The molecule has 0 bridgehead atoms. The largest absolute Gasteiger partial charge is 0.417 e. The quantitative estimate of drug-likeness (QED) is 0.234. The van der Waals surface area contributed by atoms with Gasteiger partial charge < -0.3 is 26.0 Å². The average Bonchev–Trinajstić information content (AvgIpc) is 3.44. The first kappa shape index (κ1) is 27.0. The lowest BCUT2D eigenvalue weighted by atomic mass is 10.0. The number of unbranched alkanes of at least 4 members (excludes halogenated alkanes) is 1. The number of ketones is 1. The molecule has 1 heterocycles. The number of nitrogens with one attached hydrogen (secondary N) is 2. The zero-order chi connectivity index (χ0) is 25.8. The second-order valence-corrected chi connectivity index (χ2v) is 8.80. The van der Waals surface area contributed by atoms with Gasteiger partial charge in [-0.1, -0.05) is 48.5 Å². The minimum atomic E-state index is -0.878. The Morgan fingerprint density at radius 3 is 2.36 bits per heavy atom. The van der Waals surface area contributed by atoms with E-state index in [0.717, 1.165) is 12.0 Å². The molecule has 0 aromatic heterocycles. The second-order valence-electron chi connectivity index (χ2n) is 8.80. The van der Waals surface area contributed by atoms with E-state index in [2.05, 4.69) is 10.6 Å². The summed E-state index contributed by atoms with van der Waals surface area (Å²) in [6.07, 6.45) is 2.02. The number of carbonyl (C=O) groups is 4. The van der Waals surface area contributed by atoms with Gasteiger partial charge in [-0.3, -0.25) is 9.59 Å². The molecule has 1 saturated heterocycles. The first-order chi connectivity index (χ1) is 17.5. The molecular formula is C27H34N4O5. The van der Waals surface area contributed by atoms with Gasteiger partial charge >= 0.3 is 12.1 Å². The highest BCUT2D eigenvalue weighted by atomic mass is 16.6. The van der Waals surface area contributed by atoms with Crippen molar-refractivity contribution in [2.45, 2.75) is 44.2 Å². The van der Waals surface area contributed by atoms with E-state index in [0.29, 0.717) is 37.9 Å². The van der Waals surface area contributed by atoms with Crippen molar-refractivity contribution < 1.29 is 23.9 Å². The van der Waals surface area contributed by atoms with Crippen molar-refractivity contribution in [2.24, 2.45) is 5.73 Å². The van der Waals surface area contributed by atoms with E-state index in [1.807, 2.05) is 30.3 Å². The smallest absolute Gasteiger partial charge is 0.375 e. The van der Waals surface area contributed by atoms with Crippen LogP contribution < -0.4 is 16.4 Å². The standard InChI is InChI=1S/C27H34N4O5/c28-15-7-8-17-31(27(35)36-26(34)22-14-9-16-29-22)19-24(32)23(18-20-10-3-1-4-11-20)30-25(33)21-12-5-2-6-13-21/h1-6,10-13,22-23,29H,7-9,14-19,28H2,(H,30,33)/t22-,23?/m0/s1. The molecule has 2 atom stereocenters. The van der Waals surface area contributed by atoms with Crippen molar-refractivity contribution in [3.63, 3.8) is 0 Å². The molecule has 2 aromatic carbocycles. The van der Waals surface area contributed by atoms with Crippen LogP contribution in [-0.4, -0.2) is 66.9 Å². The molecular weight excluding hydrogens is 460 g/mol. The predicted octanol–water partition coefficient (Wildman–Crippen LogP) is 2.05. The second kappa shape index (κ2) is 14.1. The summed E-state index contributed by atoms with van der Waals surface area (Å²) in [6.45, 7) is 1.03. The van der Waals surface area contributed by atoms with E-state index in [1.165, 1.54) is 4.90 Å². The minimum Gasteiger partial charge on any atom is -0.375 e. The van der Waals surface area contributed by atoms with E-state index in [9.17, 15) is 19.2 Å². The number of nitrogens with two attached hydrogens (primary N) is 1. The van der Waals surface area contributed by atoms with Crippen molar-refractivity contribution in [3.8, 4) is 0 Å². The molecule has 192 valence electrons. The maximum absolute atomic E-state index is 13.4. The molecule has 9 heteroatoms. The maximum Gasteiger partial charge on any atom is 0.417 e. The van der Waals surface area contributed by atoms with Crippen molar-refractivity contribution in [1.29, 1.82) is 0 Å². The van der Waals surface area contributed by atoms with Crippen LogP contribution >= 0.6 is 0 Å². The van der Waals surface area contributed by atoms with E-state index < -0.39 is 24.1 Å². The van der Waals surface area contributed by atoms with Crippen molar-refractivity contribution in [3.05, 3.63) is 71.8 Å². The normalized spacial score (nSPS) is 15.6. The first-order valence-corrected chi connectivity index (χ1v) is 12.3. The van der Waals surface area contributed by atoms with Crippen LogP contribution in [0.1, 0.15) is 41.6 Å². The van der Waals surface area contributed by atoms with E-state index in [4.69, 9.17) is 10.5 Å². The monoisotopic (exact) mass is 494 g/mol. The molecule has 2 aromatic rings. The fourth-order valence-electron chi connectivity index (χ4n) is 4.01. The highest BCUT2D eigenvalue weighted by Gasteiger charge is 2.30. The number of rotatable bonds is 12. The van der Waals surface area contributed by atoms with Gasteiger partial charge in [0.05, 0.1) is 12.6 Å². The topological polar surface area (TPSA) is 131 Å². The highest BCUT2D eigenvalue weighted by Crippen LogP contribution is 2.11. The van der Waals surface area contributed by atoms with E-state index >= 15 is 0 Å². The fourth-order valence-corrected chi connectivity index (χ4v) is 4.01. The van der Waals surface area contributed by atoms with Crippen LogP contribution in [0, 0.1) is 0 Å². The molecule has 0 spiro atoms. The number of ether oxygens (including phenoxy) is 1. The number of hydrogen-bond acceptors (Lipinski definition) is 7. The van der Waals surface area contributed by atoms with Gasteiger partial charge in [-0.05, 0) is 62.9 Å². The molecule has 9 nitrogen and oxygen atoms in total. The number of hydrogen-bond donors (Lipinski definition) is 3. The van der Waals surface area contributed by atoms with Crippen molar-refractivity contribution >= 4 is 23.8 Å². The van der Waals surface area contributed by atoms with Gasteiger partial charge in [0.25, 0.3) is 5.91 Å². The van der Waals surface area contributed by atoms with Gasteiger partial charge in [-0.15, -0.1) is 0 Å². The highest BCUT2D eigenvalue weighted by molar-refractivity contribution is 5.99. The molecule has 3 rings (SSSR count). The van der Waals surface area contributed by atoms with Gasteiger partial charge in [0, 0.05) is 12.1 Å². The molecule has 0 radical (unpaired) electrons. The summed E-state index contributed by atoms with van der Waals surface area (Å²) in [4.78, 5) is 52.7. The molecule has 1 unspecified atom stereocenters. The lowest BCUT2D eigenvalue weighted by Gasteiger charge is -2.25. The van der Waals surface area contributed by atoms with Crippen molar-refractivity contribution in [2.75, 3.05) is 26.2 Å². The van der Waals surface area contributed by atoms with Gasteiger partial charge in [0.1, 0.15) is 6.04 Å². The summed E-state index contributed by atoms with van der Waals surface area (Å²) < 4.78 is 5.09. The van der Waals surface area contributed by atoms with Crippen LogP contribution in [-0.2, 0) is 20.7 Å². The summed E-state index contributed by atoms with van der Waals surface area (Å²) in [5.41, 5.74) is 6.88. The maximum atomic E-state index is 13.4. The van der Waals surface area contributed by atoms with Crippen molar-refractivity contribution in [1.82, 2.24) is 15.5 Å². The van der Waals surface area contributed by atoms with Crippen LogP contribution in [0.3, 0.4) is 0 Å². The number of amides is 2. The SMILES string of the molecule is NCCCCN(CC(=O)C(Cc1ccccc1)NC(=O)c1ccccc1)C(=O)OC(=O)[C@@H]1CCCN1. The Balaban J connectivity index is 1.73. The van der Waals surface area contributed by atoms with Gasteiger partial charge in [-0.2, -0.15) is 0 Å². The number of benzene rings is 2. The lowest BCUT2D eigenvalue weighted by molar-refractivity contribution is -0.141. The molecule has 1 aliphatic rings. The molecule has 1 aliphatic heterocycles. The Kier molecular flexibility index (Phi) is 10.6. The molecule has 0 saturated carbocycles. The number of carbonyl (C=O) groups excluding carboxylic acids is 4.